The highest BCUT2D eigenvalue weighted by molar-refractivity contribution is 5.69. The zero-order valence-corrected chi connectivity index (χ0v) is 7.00. The zero-order chi connectivity index (χ0) is 8.27. The van der Waals surface area contributed by atoms with Crippen LogP contribution in [0.25, 0.3) is 0 Å². The van der Waals surface area contributed by atoms with Gasteiger partial charge in [0.25, 0.3) is 0 Å². The number of rotatable bonds is 1. The summed E-state index contributed by atoms with van der Waals surface area (Å²) in [6, 6.07) is 5.76. The lowest BCUT2D eigenvalue weighted by Gasteiger charge is -2.00. The molecule has 0 unspecified atom stereocenters. The van der Waals surface area contributed by atoms with Crippen LogP contribution in [0.2, 0.25) is 0 Å². The molecule has 0 fully saturated rings. The summed E-state index contributed by atoms with van der Waals surface area (Å²) in [5.41, 5.74) is 0. The lowest BCUT2D eigenvalue weighted by atomic mass is 10.3. The molecule has 0 aliphatic heterocycles. The van der Waals surface area contributed by atoms with Gasteiger partial charge in [0.05, 0.1) is 0 Å². The van der Waals surface area contributed by atoms with Crippen LogP contribution in [0.1, 0.15) is 6.92 Å². The number of carbonyl (C=O) groups excluding carboxylic acids is 1. The molecule has 0 radical (unpaired) electrons. The van der Waals surface area contributed by atoms with Crippen molar-refractivity contribution in [2.75, 3.05) is 0 Å². The van der Waals surface area contributed by atoms with E-state index in [-0.39, 0.29) is 11.9 Å². The zero-order valence-electron chi connectivity index (χ0n) is 7.00. The maximum absolute atomic E-state index is 12.7. The minimum absolute atomic E-state index is 0. The highest BCUT2D eigenvalue weighted by Crippen LogP contribution is 2.14. The lowest BCUT2D eigenvalue weighted by molar-refractivity contribution is -0.132. The summed E-state index contributed by atoms with van der Waals surface area (Å²) in [7, 11) is 0. The van der Waals surface area contributed by atoms with Crippen LogP contribution >= 0.6 is 0 Å². The summed E-state index contributed by atoms with van der Waals surface area (Å²) >= 11 is 0. The Labute approximate surface area is 69.7 Å². The van der Waals surface area contributed by atoms with Crippen molar-refractivity contribution in [3.8, 4) is 5.75 Å². The molecule has 0 saturated carbocycles. The van der Waals surface area contributed by atoms with Crippen molar-refractivity contribution in [1.29, 1.82) is 0 Å². The average molecular weight is 172 g/mol. The second-order valence-corrected chi connectivity index (χ2v) is 2.02. The second-order valence-electron chi connectivity index (χ2n) is 2.02. The highest BCUT2D eigenvalue weighted by atomic mass is 19.1. The monoisotopic (exact) mass is 172 g/mol. The van der Waals surface area contributed by atoms with Crippen molar-refractivity contribution < 1.29 is 13.9 Å². The van der Waals surface area contributed by atoms with Gasteiger partial charge in [-0.1, -0.05) is 12.1 Å². The number of ether oxygens (including phenoxy) is 1. The molecule has 66 valence electrons. The van der Waals surface area contributed by atoms with Crippen molar-refractivity contribution in [2.24, 2.45) is 0 Å². The molecule has 3 nitrogen and oxygen atoms in total. The SMILES string of the molecule is CC(=O)Oc1ccccc1F.[NH4+]. The summed E-state index contributed by atoms with van der Waals surface area (Å²) < 4.78 is 17.2. The predicted octanol–water partition coefficient (Wildman–Crippen LogP) is 2.13. The number of carbonyl (C=O) groups is 1. The Balaban J connectivity index is 0.00000121. The first-order chi connectivity index (χ1) is 5.20. The number of hydrogen-bond donors (Lipinski definition) is 1. The quantitative estimate of drug-likeness (QED) is 0.521. The Morgan fingerprint density at radius 3 is 2.50 bits per heavy atom. The van der Waals surface area contributed by atoms with Gasteiger partial charge in [-0.2, -0.15) is 0 Å². The smallest absolute Gasteiger partial charge is 0.308 e. The first-order valence-electron chi connectivity index (χ1n) is 3.13. The van der Waals surface area contributed by atoms with E-state index in [0.29, 0.717) is 0 Å². The standard InChI is InChI=1S/C8H7FO2.H3N/c1-6(10)11-8-5-3-2-4-7(8)9;/h2-5H,1H3;1H3/p+1. The van der Waals surface area contributed by atoms with E-state index < -0.39 is 11.8 Å². The van der Waals surface area contributed by atoms with E-state index in [0.717, 1.165) is 0 Å². The van der Waals surface area contributed by atoms with Crippen molar-refractivity contribution in [3.63, 3.8) is 0 Å². The molecule has 0 atom stereocenters. The molecule has 1 rings (SSSR count). The lowest BCUT2D eigenvalue weighted by Crippen LogP contribution is -2.02. The van der Waals surface area contributed by atoms with Crippen LogP contribution < -0.4 is 10.9 Å². The van der Waals surface area contributed by atoms with E-state index >= 15 is 0 Å². The minimum atomic E-state index is -0.525. The molecule has 4 heteroatoms. The molecule has 0 saturated heterocycles. The van der Waals surface area contributed by atoms with E-state index in [1.54, 1.807) is 6.07 Å². The minimum Gasteiger partial charge on any atom is -0.424 e. The number of esters is 1. The van der Waals surface area contributed by atoms with Crippen LogP contribution in [0.15, 0.2) is 24.3 Å². The fraction of sp³-hybridized carbons (Fsp3) is 0.125. The van der Waals surface area contributed by atoms with Crippen LogP contribution in [-0.4, -0.2) is 5.97 Å². The number of quaternary nitrogens is 1. The molecule has 1 aromatic carbocycles. The molecule has 0 spiro atoms. The molecule has 0 amide bonds. The van der Waals surface area contributed by atoms with Gasteiger partial charge in [-0.3, -0.25) is 4.79 Å². The molecule has 4 N–H and O–H groups in total. The Hall–Kier alpha value is -1.42. The molecular formula is C8H11FNO2+. The predicted molar refractivity (Wildman–Crippen MR) is 43.7 cm³/mol. The van der Waals surface area contributed by atoms with Gasteiger partial charge >= 0.3 is 5.97 Å². The fourth-order valence-electron chi connectivity index (χ4n) is 0.682. The van der Waals surface area contributed by atoms with Crippen molar-refractivity contribution >= 4 is 5.97 Å². The van der Waals surface area contributed by atoms with Gasteiger partial charge in [-0.25, -0.2) is 4.39 Å². The molecule has 12 heavy (non-hydrogen) atoms. The second kappa shape index (κ2) is 4.46. The first kappa shape index (κ1) is 10.6. The van der Waals surface area contributed by atoms with E-state index in [2.05, 4.69) is 4.74 Å². The number of para-hydroxylation sites is 1. The highest BCUT2D eigenvalue weighted by Gasteiger charge is 2.02. The number of halogens is 1. The van der Waals surface area contributed by atoms with Gasteiger partial charge in [-0.05, 0) is 12.1 Å². The van der Waals surface area contributed by atoms with E-state index in [4.69, 9.17) is 0 Å². The van der Waals surface area contributed by atoms with Crippen LogP contribution in [0.5, 0.6) is 5.75 Å². The Kier molecular flexibility index (Phi) is 3.93. The van der Waals surface area contributed by atoms with Crippen molar-refractivity contribution in [1.82, 2.24) is 6.15 Å². The van der Waals surface area contributed by atoms with E-state index in [1.165, 1.54) is 25.1 Å². The van der Waals surface area contributed by atoms with Gasteiger partial charge in [0.2, 0.25) is 0 Å². The number of benzene rings is 1. The van der Waals surface area contributed by atoms with E-state index in [1.807, 2.05) is 0 Å². The summed E-state index contributed by atoms with van der Waals surface area (Å²) in [5, 5.41) is 0. The third-order valence-electron chi connectivity index (χ3n) is 1.09. The summed E-state index contributed by atoms with van der Waals surface area (Å²) in [4.78, 5) is 10.4. The molecule has 0 aromatic heterocycles. The maximum Gasteiger partial charge on any atom is 0.308 e. The average Bonchev–Trinajstić information content (AvgIpc) is 1.93. The summed E-state index contributed by atoms with van der Waals surface area (Å²) in [5.74, 6) is -1.07. The normalized spacial score (nSPS) is 8.50. The molecular weight excluding hydrogens is 161 g/mol. The molecule has 0 aliphatic rings. The topological polar surface area (TPSA) is 62.8 Å². The Morgan fingerprint density at radius 2 is 2.00 bits per heavy atom. The van der Waals surface area contributed by atoms with Gasteiger partial charge in [0.15, 0.2) is 11.6 Å². The summed E-state index contributed by atoms with van der Waals surface area (Å²) in [6.45, 7) is 1.23. The van der Waals surface area contributed by atoms with Gasteiger partial charge in [0.1, 0.15) is 0 Å². The fourth-order valence-corrected chi connectivity index (χ4v) is 0.682. The van der Waals surface area contributed by atoms with Gasteiger partial charge in [0, 0.05) is 6.92 Å². The largest absolute Gasteiger partial charge is 0.424 e. The first-order valence-corrected chi connectivity index (χ1v) is 3.13. The summed E-state index contributed by atoms with van der Waals surface area (Å²) in [6.07, 6.45) is 0. The number of hydrogen-bond acceptors (Lipinski definition) is 2. The maximum atomic E-state index is 12.7. The van der Waals surface area contributed by atoms with Crippen LogP contribution in [0.4, 0.5) is 4.39 Å². The van der Waals surface area contributed by atoms with Crippen molar-refractivity contribution in [3.05, 3.63) is 30.1 Å². The molecule has 0 aliphatic carbocycles. The van der Waals surface area contributed by atoms with E-state index in [9.17, 15) is 9.18 Å². The third kappa shape index (κ3) is 2.67. The van der Waals surface area contributed by atoms with Crippen LogP contribution in [0.3, 0.4) is 0 Å². The Morgan fingerprint density at radius 1 is 1.42 bits per heavy atom. The molecule has 1 aromatic rings. The third-order valence-corrected chi connectivity index (χ3v) is 1.09. The van der Waals surface area contributed by atoms with Gasteiger partial charge < -0.3 is 10.9 Å². The van der Waals surface area contributed by atoms with Gasteiger partial charge in [-0.15, -0.1) is 0 Å². The van der Waals surface area contributed by atoms with Crippen LogP contribution in [0, 0.1) is 5.82 Å². The van der Waals surface area contributed by atoms with Crippen molar-refractivity contribution in [2.45, 2.75) is 6.92 Å². The molecule has 0 heterocycles. The van der Waals surface area contributed by atoms with Crippen LogP contribution in [-0.2, 0) is 4.79 Å². The Bertz CT molecular complexity index is 276. The molecule has 0 bridgehead atoms.